The van der Waals surface area contributed by atoms with Gasteiger partial charge in [-0.3, -0.25) is 4.98 Å². The first-order valence-electron chi connectivity index (χ1n) is 10.0. The van der Waals surface area contributed by atoms with Crippen LogP contribution in [0.4, 0.5) is 13.2 Å². The number of pyridine rings is 1. The molecule has 0 aliphatic carbocycles. The van der Waals surface area contributed by atoms with E-state index in [1.54, 1.807) is 6.20 Å². The molecule has 0 unspecified atom stereocenters. The van der Waals surface area contributed by atoms with E-state index in [0.717, 1.165) is 32.8 Å². The lowest BCUT2D eigenvalue weighted by Crippen LogP contribution is -2.34. The Morgan fingerprint density at radius 1 is 0.767 bits per heavy atom. The third kappa shape index (κ3) is 3.67. The van der Waals surface area contributed by atoms with Crippen LogP contribution in [0.3, 0.4) is 0 Å². The number of hydrogen-bond donors (Lipinski definition) is 0. The van der Waals surface area contributed by atoms with Crippen molar-refractivity contribution >= 4 is 21.5 Å². The number of aromatic nitrogens is 1. The molecular formula is C26H24F3N. The van der Waals surface area contributed by atoms with Gasteiger partial charge in [-0.25, -0.2) is 0 Å². The summed E-state index contributed by atoms with van der Waals surface area (Å²) in [5.74, 6) is 0. The van der Waals surface area contributed by atoms with Crippen LogP contribution in [0, 0.1) is 19.3 Å². The van der Waals surface area contributed by atoms with Gasteiger partial charge in [-0.2, -0.15) is 13.2 Å². The smallest absolute Gasteiger partial charge is 0.256 e. The lowest BCUT2D eigenvalue weighted by molar-refractivity contribution is -0.211. The fourth-order valence-corrected chi connectivity index (χ4v) is 4.11. The van der Waals surface area contributed by atoms with E-state index >= 15 is 0 Å². The molecule has 4 aromatic rings. The molecule has 0 saturated carbocycles. The van der Waals surface area contributed by atoms with Gasteiger partial charge >= 0.3 is 6.18 Å². The summed E-state index contributed by atoms with van der Waals surface area (Å²) in [6.07, 6.45) is -2.48. The van der Waals surface area contributed by atoms with Crippen LogP contribution in [0.25, 0.3) is 32.8 Å². The van der Waals surface area contributed by atoms with E-state index in [-0.39, 0.29) is 6.42 Å². The molecule has 0 fully saturated rings. The van der Waals surface area contributed by atoms with Crippen LogP contribution in [0.2, 0.25) is 0 Å². The number of aryl methyl sites for hydroxylation is 2. The van der Waals surface area contributed by atoms with Crippen LogP contribution in [0.15, 0.2) is 60.8 Å². The largest absolute Gasteiger partial charge is 0.394 e. The second-order valence-corrected chi connectivity index (χ2v) is 8.81. The van der Waals surface area contributed by atoms with Gasteiger partial charge in [-0.15, -0.1) is 0 Å². The minimum Gasteiger partial charge on any atom is -0.256 e. The molecule has 0 N–H and O–H groups in total. The number of nitrogens with zero attached hydrogens (tertiary/aromatic N) is 1. The molecule has 0 radical (unpaired) electrons. The molecule has 0 saturated heterocycles. The summed E-state index contributed by atoms with van der Waals surface area (Å²) in [5.41, 5.74) is 3.28. The van der Waals surface area contributed by atoms with E-state index < -0.39 is 11.6 Å². The summed E-state index contributed by atoms with van der Waals surface area (Å²) in [6.45, 7) is 6.64. The van der Waals surface area contributed by atoms with Gasteiger partial charge in [0, 0.05) is 17.1 Å². The molecule has 0 atom stereocenters. The maximum absolute atomic E-state index is 13.3. The maximum Gasteiger partial charge on any atom is 0.394 e. The Hall–Kier alpha value is -2.88. The predicted octanol–water partition coefficient (Wildman–Crippen LogP) is 7.80. The van der Waals surface area contributed by atoms with Crippen LogP contribution in [0.5, 0.6) is 0 Å². The maximum atomic E-state index is 13.3. The van der Waals surface area contributed by atoms with Crippen molar-refractivity contribution in [2.45, 2.75) is 40.3 Å². The first-order valence-corrected chi connectivity index (χ1v) is 10.0. The summed E-state index contributed by atoms with van der Waals surface area (Å²) in [5, 5.41) is 4.06. The van der Waals surface area contributed by atoms with E-state index in [9.17, 15) is 13.2 Å². The van der Waals surface area contributed by atoms with Crippen LogP contribution >= 0.6 is 0 Å². The van der Waals surface area contributed by atoms with Gasteiger partial charge < -0.3 is 0 Å². The van der Waals surface area contributed by atoms with Crippen LogP contribution < -0.4 is 0 Å². The molecule has 1 aromatic heterocycles. The SMILES string of the molecule is Cc1cc(C)cc(-c2nccc3c2ccc2cc(CC(C)(C)C(F)(F)F)ccc23)c1. The lowest BCUT2D eigenvalue weighted by Gasteiger charge is -2.27. The van der Waals surface area contributed by atoms with E-state index in [1.165, 1.54) is 25.0 Å². The van der Waals surface area contributed by atoms with Crippen molar-refractivity contribution in [3.8, 4) is 11.3 Å². The van der Waals surface area contributed by atoms with E-state index in [1.807, 2.05) is 36.4 Å². The van der Waals surface area contributed by atoms with Crippen molar-refractivity contribution in [1.82, 2.24) is 4.98 Å². The molecule has 3 aromatic carbocycles. The Bertz CT molecular complexity index is 1230. The average Bonchev–Trinajstić information content (AvgIpc) is 2.65. The molecule has 0 spiro atoms. The normalized spacial score (nSPS) is 12.6. The molecule has 0 aliphatic rings. The third-order valence-electron chi connectivity index (χ3n) is 5.73. The fraction of sp³-hybridized carbons (Fsp3) is 0.269. The van der Waals surface area contributed by atoms with Gasteiger partial charge in [0.1, 0.15) is 0 Å². The zero-order chi connectivity index (χ0) is 21.7. The average molecular weight is 407 g/mol. The van der Waals surface area contributed by atoms with E-state index in [2.05, 4.69) is 37.0 Å². The molecule has 4 heteroatoms. The summed E-state index contributed by atoms with van der Waals surface area (Å²) < 4.78 is 39.9. The second kappa shape index (κ2) is 7.12. The highest BCUT2D eigenvalue weighted by molar-refractivity contribution is 6.11. The minimum absolute atomic E-state index is 0.0470. The monoisotopic (exact) mass is 407 g/mol. The summed E-state index contributed by atoms with van der Waals surface area (Å²) in [7, 11) is 0. The van der Waals surface area contributed by atoms with E-state index in [4.69, 9.17) is 0 Å². The second-order valence-electron chi connectivity index (χ2n) is 8.81. The topological polar surface area (TPSA) is 12.9 Å². The molecule has 0 bridgehead atoms. The van der Waals surface area contributed by atoms with Gasteiger partial charge in [0.25, 0.3) is 0 Å². The predicted molar refractivity (Wildman–Crippen MR) is 118 cm³/mol. The number of benzene rings is 3. The van der Waals surface area contributed by atoms with Crippen molar-refractivity contribution in [3.05, 3.63) is 77.5 Å². The number of halogens is 3. The molecule has 0 amide bonds. The first kappa shape index (κ1) is 20.4. The molecule has 0 aliphatic heterocycles. The van der Waals surface area contributed by atoms with Gasteiger partial charge in [0.2, 0.25) is 0 Å². The number of hydrogen-bond acceptors (Lipinski definition) is 1. The van der Waals surface area contributed by atoms with Crippen molar-refractivity contribution in [2.24, 2.45) is 5.41 Å². The summed E-state index contributed by atoms with van der Waals surface area (Å²) >= 11 is 0. The molecule has 4 rings (SSSR count). The molecule has 154 valence electrons. The Labute approximate surface area is 174 Å². The van der Waals surface area contributed by atoms with Crippen LogP contribution in [-0.2, 0) is 6.42 Å². The highest BCUT2D eigenvalue weighted by Crippen LogP contribution is 2.41. The van der Waals surface area contributed by atoms with Gasteiger partial charge in [0.05, 0.1) is 11.1 Å². The standard InChI is InChI=1S/C26H24F3N/c1-16-11-17(2)13-20(12-16)24-23-8-6-19-14-18(15-25(3,4)26(27,28)29)5-7-21(19)22(23)9-10-30-24/h5-14H,15H2,1-4H3. The highest BCUT2D eigenvalue weighted by Gasteiger charge is 2.46. The number of alkyl halides is 3. The third-order valence-corrected chi connectivity index (χ3v) is 5.73. The lowest BCUT2D eigenvalue weighted by atomic mass is 9.84. The zero-order valence-electron chi connectivity index (χ0n) is 17.6. The summed E-state index contributed by atoms with van der Waals surface area (Å²) in [4.78, 5) is 4.63. The summed E-state index contributed by atoms with van der Waals surface area (Å²) in [6, 6.07) is 18.0. The minimum atomic E-state index is -4.24. The Balaban J connectivity index is 1.83. The Morgan fingerprint density at radius 3 is 2.10 bits per heavy atom. The zero-order valence-corrected chi connectivity index (χ0v) is 17.6. The van der Waals surface area contributed by atoms with Crippen molar-refractivity contribution in [3.63, 3.8) is 0 Å². The number of fused-ring (bicyclic) bond motifs is 3. The van der Waals surface area contributed by atoms with Crippen molar-refractivity contribution < 1.29 is 13.2 Å². The quantitative estimate of drug-likeness (QED) is 0.316. The fourth-order valence-electron chi connectivity index (χ4n) is 4.11. The number of rotatable bonds is 3. The van der Waals surface area contributed by atoms with Crippen LogP contribution in [-0.4, -0.2) is 11.2 Å². The molecular weight excluding hydrogens is 383 g/mol. The van der Waals surface area contributed by atoms with Gasteiger partial charge in [-0.05, 0) is 60.2 Å². The molecule has 30 heavy (non-hydrogen) atoms. The van der Waals surface area contributed by atoms with Crippen molar-refractivity contribution in [1.29, 1.82) is 0 Å². The Morgan fingerprint density at radius 2 is 1.43 bits per heavy atom. The highest BCUT2D eigenvalue weighted by atomic mass is 19.4. The van der Waals surface area contributed by atoms with Crippen molar-refractivity contribution in [2.75, 3.05) is 0 Å². The van der Waals surface area contributed by atoms with Crippen LogP contribution in [0.1, 0.15) is 30.5 Å². The van der Waals surface area contributed by atoms with Gasteiger partial charge in [-0.1, -0.05) is 61.4 Å². The Kier molecular flexibility index (Phi) is 4.84. The first-order chi connectivity index (χ1) is 14.0. The van der Waals surface area contributed by atoms with E-state index in [0.29, 0.717) is 5.56 Å². The molecule has 1 heterocycles. The van der Waals surface area contributed by atoms with Gasteiger partial charge in [0.15, 0.2) is 0 Å². The molecule has 1 nitrogen and oxygen atoms in total.